The fraction of sp³-hybridized carbons (Fsp3) is 0.333. The summed E-state index contributed by atoms with van der Waals surface area (Å²) in [4.78, 5) is 17.7. The van der Waals surface area contributed by atoms with Crippen molar-refractivity contribution in [1.29, 1.82) is 0 Å². The summed E-state index contributed by atoms with van der Waals surface area (Å²) in [6.07, 6.45) is 3.53. The molecule has 98 valence electrons. The highest BCUT2D eigenvalue weighted by Crippen LogP contribution is 2.25. The van der Waals surface area contributed by atoms with E-state index in [-0.39, 0.29) is 5.92 Å². The average Bonchev–Trinajstić information content (AvgIpc) is 2.47. The van der Waals surface area contributed by atoms with Gasteiger partial charge in [0.25, 0.3) is 0 Å². The lowest BCUT2D eigenvalue weighted by Gasteiger charge is -2.32. The number of nitrogens with zero attached hydrogens (tertiary/aromatic N) is 2. The Morgan fingerprint density at radius 2 is 2.21 bits per heavy atom. The van der Waals surface area contributed by atoms with Gasteiger partial charge in [0.2, 0.25) is 0 Å². The maximum atomic E-state index is 11.1. The first-order chi connectivity index (χ1) is 9.24. The van der Waals surface area contributed by atoms with Crippen LogP contribution in [0.15, 0.2) is 36.5 Å². The minimum Gasteiger partial charge on any atom is -0.481 e. The Hall–Kier alpha value is -2.10. The summed E-state index contributed by atoms with van der Waals surface area (Å²) >= 11 is 0. The van der Waals surface area contributed by atoms with Gasteiger partial charge in [-0.25, -0.2) is 0 Å². The molecule has 0 aliphatic carbocycles. The molecule has 0 spiro atoms. The van der Waals surface area contributed by atoms with Gasteiger partial charge in [0.1, 0.15) is 0 Å². The molecule has 0 bridgehead atoms. The van der Waals surface area contributed by atoms with Crippen molar-refractivity contribution in [1.82, 2.24) is 4.98 Å². The summed E-state index contributed by atoms with van der Waals surface area (Å²) in [5.74, 6) is -0.960. The van der Waals surface area contributed by atoms with Crippen LogP contribution in [-0.4, -0.2) is 29.1 Å². The lowest BCUT2D eigenvalue weighted by molar-refractivity contribution is -0.141. The Kier molecular flexibility index (Phi) is 3.07. The number of aliphatic carboxylic acids is 1. The van der Waals surface area contributed by atoms with Crippen molar-refractivity contribution >= 4 is 22.6 Å². The third-order valence-corrected chi connectivity index (χ3v) is 3.71. The molecule has 1 fully saturated rings. The quantitative estimate of drug-likeness (QED) is 0.897. The molecule has 3 rings (SSSR count). The van der Waals surface area contributed by atoms with E-state index in [0.717, 1.165) is 36.0 Å². The summed E-state index contributed by atoms with van der Waals surface area (Å²) in [5, 5.41) is 10.2. The molecule has 4 nitrogen and oxygen atoms in total. The second kappa shape index (κ2) is 4.88. The molecule has 19 heavy (non-hydrogen) atoms. The fourth-order valence-electron chi connectivity index (χ4n) is 2.65. The van der Waals surface area contributed by atoms with Gasteiger partial charge in [0, 0.05) is 18.5 Å². The number of fused-ring (bicyclic) bond motifs is 1. The van der Waals surface area contributed by atoms with Gasteiger partial charge >= 0.3 is 5.97 Å². The Morgan fingerprint density at radius 1 is 1.37 bits per heavy atom. The first-order valence-electron chi connectivity index (χ1n) is 6.56. The zero-order chi connectivity index (χ0) is 13.2. The predicted molar refractivity (Wildman–Crippen MR) is 74.3 cm³/mol. The van der Waals surface area contributed by atoms with Crippen molar-refractivity contribution < 1.29 is 9.90 Å². The van der Waals surface area contributed by atoms with Gasteiger partial charge in [0.15, 0.2) is 0 Å². The molecule has 0 saturated carbocycles. The van der Waals surface area contributed by atoms with E-state index in [0.29, 0.717) is 6.54 Å². The second-order valence-corrected chi connectivity index (χ2v) is 5.01. The first-order valence-corrected chi connectivity index (χ1v) is 6.56. The van der Waals surface area contributed by atoms with Crippen LogP contribution in [0.4, 0.5) is 5.69 Å². The van der Waals surface area contributed by atoms with E-state index < -0.39 is 5.97 Å². The van der Waals surface area contributed by atoms with Crippen molar-refractivity contribution in [2.24, 2.45) is 5.92 Å². The number of para-hydroxylation sites is 1. The average molecular weight is 256 g/mol. The van der Waals surface area contributed by atoms with Crippen LogP contribution in [0, 0.1) is 5.92 Å². The standard InChI is InChI=1S/C15H16N2O2/c18-15(19)12-5-3-7-17(10-12)13-8-11-4-1-2-6-14(11)16-9-13/h1-2,4,6,8-9,12H,3,5,7,10H2,(H,18,19). The number of piperidine rings is 1. The van der Waals surface area contributed by atoms with E-state index in [4.69, 9.17) is 5.11 Å². The third-order valence-electron chi connectivity index (χ3n) is 3.71. The third kappa shape index (κ3) is 2.38. The molecule has 1 N–H and O–H groups in total. The molecule has 1 unspecified atom stereocenters. The molecule has 1 aliphatic heterocycles. The number of pyridine rings is 1. The smallest absolute Gasteiger partial charge is 0.308 e. The van der Waals surface area contributed by atoms with Gasteiger partial charge < -0.3 is 10.0 Å². The molecule has 1 saturated heterocycles. The molecule has 1 aromatic heterocycles. The Balaban J connectivity index is 1.89. The van der Waals surface area contributed by atoms with Crippen LogP contribution in [0.5, 0.6) is 0 Å². The number of carboxylic acids is 1. The molecule has 2 aromatic rings. The van der Waals surface area contributed by atoms with Crippen molar-refractivity contribution in [3.63, 3.8) is 0 Å². The molecule has 0 radical (unpaired) electrons. The molecule has 1 atom stereocenters. The molecule has 1 aromatic carbocycles. The Bertz CT molecular complexity index is 612. The van der Waals surface area contributed by atoms with Crippen molar-refractivity contribution in [2.45, 2.75) is 12.8 Å². The number of hydrogen-bond donors (Lipinski definition) is 1. The normalized spacial score (nSPS) is 19.6. The van der Waals surface area contributed by atoms with Crippen molar-refractivity contribution in [3.8, 4) is 0 Å². The van der Waals surface area contributed by atoms with Crippen LogP contribution in [0.25, 0.3) is 10.9 Å². The van der Waals surface area contributed by atoms with Crippen LogP contribution in [0.3, 0.4) is 0 Å². The Morgan fingerprint density at radius 3 is 3.05 bits per heavy atom. The monoisotopic (exact) mass is 256 g/mol. The lowest BCUT2D eigenvalue weighted by Crippen LogP contribution is -2.38. The van der Waals surface area contributed by atoms with E-state index in [1.54, 1.807) is 0 Å². The number of carboxylic acid groups (broad SMARTS) is 1. The fourth-order valence-corrected chi connectivity index (χ4v) is 2.65. The number of hydrogen-bond acceptors (Lipinski definition) is 3. The molecule has 2 heterocycles. The zero-order valence-corrected chi connectivity index (χ0v) is 10.6. The number of anilines is 1. The summed E-state index contributed by atoms with van der Waals surface area (Å²) < 4.78 is 0. The van der Waals surface area contributed by atoms with E-state index in [1.807, 2.05) is 30.5 Å². The van der Waals surface area contributed by atoms with Gasteiger partial charge in [0.05, 0.1) is 23.3 Å². The number of rotatable bonds is 2. The zero-order valence-electron chi connectivity index (χ0n) is 10.6. The van der Waals surface area contributed by atoms with E-state index in [2.05, 4.69) is 16.0 Å². The maximum absolute atomic E-state index is 11.1. The SMILES string of the molecule is O=C(O)C1CCCN(c2cnc3ccccc3c2)C1. The van der Waals surface area contributed by atoms with Crippen molar-refractivity contribution in [3.05, 3.63) is 36.5 Å². The summed E-state index contributed by atoms with van der Waals surface area (Å²) in [5.41, 5.74) is 1.99. The Labute approximate surface area is 111 Å². The molecular weight excluding hydrogens is 240 g/mol. The van der Waals surface area contributed by atoms with Crippen molar-refractivity contribution in [2.75, 3.05) is 18.0 Å². The predicted octanol–water partition coefficient (Wildman–Crippen LogP) is 2.54. The van der Waals surface area contributed by atoms with Crippen LogP contribution in [-0.2, 0) is 4.79 Å². The minimum absolute atomic E-state index is 0.264. The second-order valence-electron chi connectivity index (χ2n) is 5.01. The summed E-state index contributed by atoms with van der Waals surface area (Å²) in [7, 11) is 0. The van der Waals surface area contributed by atoms with E-state index >= 15 is 0 Å². The highest BCUT2D eigenvalue weighted by Gasteiger charge is 2.25. The molecule has 0 amide bonds. The lowest BCUT2D eigenvalue weighted by atomic mass is 9.98. The minimum atomic E-state index is -0.696. The van der Waals surface area contributed by atoms with E-state index in [9.17, 15) is 4.79 Å². The largest absolute Gasteiger partial charge is 0.481 e. The summed E-state index contributed by atoms with van der Waals surface area (Å²) in [6.45, 7) is 1.49. The van der Waals surface area contributed by atoms with Crippen LogP contribution < -0.4 is 4.90 Å². The topological polar surface area (TPSA) is 53.4 Å². The van der Waals surface area contributed by atoms with Crippen LogP contribution in [0.2, 0.25) is 0 Å². The van der Waals surface area contributed by atoms with Gasteiger partial charge in [-0.05, 0) is 25.0 Å². The van der Waals surface area contributed by atoms with Gasteiger partial charge in [-0.3, -0.25) is 9.78 Å². The first kappa shape index (κ1) is 12.0. The van der Waals surface area contributed by atoms with Crippen LogP contribution >= 0.6 is 0 Å². The number of benzene rings is 1. The van der Waals surface area contributed by atoms with Gasteiger partial charge in [-0.15, -0.1) is 0 Å². The van der Waals surface area contributed by atoms with E-state index in [1.165, 1.54) is 0 Å². The maximum Gasteiger partial charge on any atom is 0.308 e. The highest BCUT2D eigenvalue weighted by molar-refractivity contribution is 5.82. The number of aromatic nitrogens is 1. The summed E-state index contributed by atoms with van der Waals surface area (Å²) in [6, 6.07) is 10.1. The van der Waals surface area contributed by atoms with Gasteiger partial charge in [-0.2, -0.15) is 0 Å². The van der Waals surface area contributed by atoms with Crippen LogP contribution in [0.1, 0.15) is 12.8 Å². The molecule has 1 aliphatic rings. The number of carbonyl (C=O) groups is 1. The molecular formula is C15H16N2O2. The van der Waals surface area contributed by atoms with Gasteiger partial charge in [-0.1, -0.05) is 18.2 Å². The molecule has 4 heteroatoms. The highest BCUT2D eigenvalue weighted by atomic mass is 16.4.